The Morgan fingerprint density at radius 3 is 2.70 bits per heavy atom. The van der Waals surface area contributed by atoms with Crippen molar-refractivity contribution in [2.45, 2.75) is 44.6 Å². The van der Waals surface area contributed by atoms with E-state index in [0.717, 1.165) is 63.9 Å². The third-order valence-corrected chi connectivity index (χ3v) is 5.58. The summed E-state index contributed by atoms with van der Waals surface area (Å²) in [6, 6.07) is 6.56. The van der Waals surface area contributed by atoms with Gasteiger partial charge in [-0.3, -0.25) is 9.69 Å². The van der Waals surface area contributed by atoms with Gasteiger partial charge < -0.3 is 10.1 Å². The van der Waals surface area contributed by atoms with Gasteiger partial charge in [0.05, 0.1) is 6.10 Å². The van der Waals surface area contributed by atoms with Crippen LogP contribution in [-0.4, -0.2) is 49.7 Å². The maximum Gasteiger partial charge on any atom is 0.220 e. The highest BCUT2D eigenvalue weighted by Crippen LogP contribution is 2.22. The van der Waals surface area contributed by atoms with Crippen molar-refractivity contribution in [1.29, 1.82) is 0 Å². The molecule has 1 aromatic rings. The molecule has 2 fully saturated rings. The molecule has 0 aromatic heterocycles. The zero-order valence-corrected chi connectivity index (χ0v) is 16.0. The summed E-state index contributed by atoms with van der Waals surface area (Å²) in [6.45, 7) is 4.58. The standard InChI is InChI=1S/C22H31FN2O2/c23-20-8-5-18(6-9-20)3-1-13-25-14-11-19(12-15-25)7-10-22(26)24-17-21-4-2-16-27-21/h1,3,5-6,8-9,19,21H,2,4,7,10-17H2,(H,24,26)/b3-1+/t21-/m1/s1. The quantitative estimate of drug-likeness (QED) is 0.756. The van der Waals surface area contributed by atoms with Crippen LogP contribution < -0.4 is 5.32 Å². The molecular weight excluding hydrogens is 343 g/mol. The first-order chi connectivity index (χ1) is 13.2. The number of rotatable bonds is 8. The van der Waals surface area contributed by atoms with Gasteiger partial charge in [0.2, 0.25) is 5.91 Å². The number of amides is 1. The Kier molecular flexibility index (Phi) is 7.84. The molecule has 1 amide bonds. The fourth-order valence-corrected chi connectivity index (χ4v) is 3.83. The highest BCUT2D eigenvalue weighted by Gasteiger charge is 2.20. The van der Waals surface area contributed by atoms with E-state index in [-0.39, 0.29) is 17.8 Å². The first-order valence-corrected chi connectivity index (χ1v) is 10.2. The molecule has 4 nitrogen and oxygen atoms in total. The van der Waals surface area contributed by atoms with Crippen molar-refractivity contribution in [1.82, 2.24) is 10.2 Å². The monoisotopic (exact) mass is 374 g/mol. The van der Waals surface area contributed by atoms with Crippen LogP contribution in [0.5, 0.6) is 0 Å². The van der Waals surface area contributed by atoms with E-state index >= 15 is 0 Å². The number of piperidine rings is 1. The fraction of sp³-hybridized carbons (Fsp3) is 0.591. The lowest BCUT2D eigenvalue weighted by Gasteiger charge is -2.31. The molecule has 0 radical (unpaired) electrons. The highest BCUT2D eigenvalue weighted by molar-refractivity contribution is 5.75. The van der Waals surface area contributed by atoms with Crippen LogP contribution in [0.25, 0.3) is 6.08 Å². The van der Waals surface area contributed by atoms with Crippen LogP contribution in [0.1, 0.15) is 44.1 Å². The second-order valence-electron chi connectivity index (χ2n) is 7.68. The van der Waals surface area contributed by atoms with Gasteiger partial charge in [-0.1, -0.05) is 24.3 Å². The van der Waals surface area contributed by atoms with Crippen molar-refractivity contribution >= 4 is 12.0 Å². The van der Waals surface area contributed by atoms with Gasteiger partial charge in [-0.25, -0.2) is 4.39 Å². The minimum absolute atomic E-state index is 0.162. The number of ether oxygens (including phenoxy) is 1. The zero-order valence-electron chi connectivity index (χ0n) is 16.0. The number of benzene rings is 1. The smallest absolute Gasteiger partial charge is 0.220 e. The Morgan fingerprint density at radius 2 is 2.00 bits per heavy atom. The van der Waals surface area contributed by atoms with Gasteiger partial charge >= 0.3 is 0 Å². The van der Waals surface area contributed by atoms with Crippen molar-refractivity contribution < 1.29 is 13.9 Å². The predicted octanol–water partition coefficient (Wildman–Crippen LogP) is 3.63. The summed E-state index contributed by atoms with van der Waals surface area (Å²) in [6.07, 6.45) is 10.5. The van der Waals surface area contributed by atoms with E-state index < -0.39 is 0 Å². The minimum Gasteiger partial charge on any atom is -0.376 e. The van der Waals surface area contributed by atoms with E-state index in [1.807, 2.05) is 6.08 Å². The molecule has 0 saturated carbocycles. The lowest BCUT2D eigenvalue weighted by molar-refractivity contribution is -0.122. The van der Waals surface area contributed by atoms with Crippen molar-refractivity contribution in [2.24, 2.45) is 5.92 Å². The number of likely N-dealkylation sites (tertiary alicyclic amines) is 1. The zero-order chi connectivity index (χ0) is 18.9. The molecule has 0 spiro atoms. The van der Waals surface area contributed by atoms with Crippen LogP contribution in [0, 0.1) is 11.7 Å². The first kappa shape index (κ1) is 20.0. The molecule has 1 N–H and O–H groups in total. The number of hydrogen-bond donors (Lipinski definition) is 1. The lowest BCUT2D eigenvalue weighted by atomic mass is 9.92. The number of carbonyl (C=O) groups excluding carboxylic acids is 1. The largest absolute Gasteiger partial charge is 0.376 e. The van der Waals surface area contributed by atoms with Crippen molar-refractivity contribution in [3.05, 3.63) is 41.7 Å². The summed E-state index contributed by atoms with van der Waals surface area (Å²) in [7, 11) is 0. The van der Waals surface area contributed by atoms with Crippen LogP contribution >= 0.6 is 0 Å². The molecule has 0 aliphatic carbocycles. The number of nitrogens with zero attached hydrogens (tertiary/aromatic N) is 1. The number of hydrogen-bond acceptors (Lipinski definition) is 3. The molecule has 5 heteroatoms. The molecule has 2 aliphatic rings. The molecule has 148 valence electrons. The molecule has 1 atom stereocenters. The van der Waals surface area contributed by atoms with Gasteiger partial charge in [0, 0.05) is 26.1 Å². The fourth-order valence-electron chi connectivity index (χ4n) is 3.83. The van der Waals surface area contributed by atoms with Gasteiger partial charge in [0.1, 0.15) is 5.82 Å². The summed E-state index contributed by atoms with van der Waals surface area (Å²) in [5.41, 5.74) is 1.03. The molecule has 2 saturated heterocycles. The third-order valence-electron chi connectivity index (χ3n) is 5.58. The Balaban J connectivity index is 1.27. The lowest BCUT2D eigenvalue weighted by Crippen LogP contribution is -2.35. The maximum atomic E-state index is 12.9. The first-order valence-electron chi connectivity index (χ1n) is 10.2. The van der Waals surface area contributed by atoms with Gasteiger partial charge in [-0.05, 0) is 68.8 Å². The average Bonchev–Trinajstić information content (AvgIpc) is 3.21. The van der Waals surface area contributed by atoms with Crippen molar-refractivity contribution in [3.8, 4) is 0 Å². The summed E-state index contributed by atoms with van der Waals surface area (Å²) in [5.74, 6) is 0.612. The van der Waals surface area contributed by atoms with Crippen LogP contribution in [0.15, 0.2) is 30.3 Å². The van der Waals surface area contributed by atoms with E-state index in [1.165, 1.54) is 12.1 Å². The minimum atomic E-state index is -0.199. The highest BCUT2D eigenvalue weighted by atomic mass is 19.1. The Hall–Kier alpha value is -1.72. The van der Waals surface area contributed by atoms with Gasteiger partial charge in [-0.15, -0.1) is 0 Å². The van der Waals surface area contributed by atoms with E-state index in [4.69, 9.17) is 4.74 Å². The van der Waals surface area contributed by atoms with Crippen molar-refractivity contribution in [2.75, 3.05) is 32.8 Å². The number of nitrogens with one attached hydrogen (secondary N) is 1. The number of carbonyl (C=O) groups is 1. The Labute approximate surface area is 161 Å². The molecule has 0 unspecified atom stereocenters. The van der Waals surface area contributed by atoms with Crippen LogP contribution in [0.3, 0.4) is 0 Å². The summed E-state index contributed by atoms with van der Waals surface area (Å²) >= 11 is 0. The van der Waals surface area contributed by atoms with Crippen molar-refractivity contribution in [3.63, 3.8) is 0 Å². The second-order valence-corrected chi connectivity index (χ2v) is 7.68. The van der Waals surface area contributed by atoms with E-state index in [2.05, 4.69) is 16.3 Å². The van der Waals surface area contributed by atoms with E-state index in [9.17, 15) is 9.18 Å². The van der Waals surface area contributed by atoms with E-state index in [1.54, 1.807) is 12.1 Å². The summed E-state index contributed by atoms with van der Waals surface area (Å²) < 4.78 is 18.4. The molecule has 2 aliphatic heterocycles. The molecular formula is C22H31FN2O2. The van der Waals surface area contributed by atoms with Gasteiger partial charge in [0.25, 0.3) is 0 Å². The van der Waals surface area contributed by atoms with Crippen LogP contribution in [-0.2, 0) is 9.53 Å². The summed E-state index contributed by atoms with van der Waals surface area (Å²) in [4.78, 5) is 14.4. The molecule has 27 heavy (non-hydrogen) atoms. The number of halogens is 1. The van der Waals surface area contributed by atoms with Crippen LogP contribution in [0.4, 0.5) is 4.39 Å². The third kappa shape index (κ3) is 7.07. The normalized spacial score (nSPS) is 21.7. The Morgan fingerprint density at radius 1 is 1.22 bits per heavy atom. The molecule has 0 bridgehead atoms. The van der Waals surface area contributed by atoms with Crippen LogP contribution in [0.2, 0.25) is 0 Å². The molecule has 2 heterocycles. The molecule has 1 aromatic carbocycles. The van der Waals surface area contributed by atoms with Gasteiger partial charge in [-0.2, -0.15) is 0 Å². The maximum absolute atomic E-state index is 12.9. The predicted molar refractivity (Wildman–Crippen MR) is 106 cm³/mol. The van der Waals surface area contributed by atoms with Gasteiger partial charge in [0.15, 0.2) is 0 Å². The Bertz CT molecular complexity index is 603. The topological polar surface area (TPSA) is 41.6 Å². The molecule has 3 rings (SSSR count). The second kappa shape index (κ2) is 10.6. The average molecular weight is 375 g/mol. The summed E-state index contributed by atoms with van der Waals surface area (Å²) in [5, 5.41) is 3.01. The van der Waals surface area contributed by atoms with E-state index in [0.29, 0.717) is 18.9 Å². The SMILES string of the molecule is O=C(CCC1CCN(C/C=C/c2ccc(F)cc2)CC1)NC[C@H]1CCCO1.